The van der Waals surface area contributed by atoms with E-state index in [4.69, 9.17) is 4.74 Å². The largest absolute Gasteiger partial charge is 0.483 e. The standard InChI is InChI=1S/C14H16BrNO3/c1-9(17)12-6-11(15)4-5-13(12)19-8-14(18)16-7-10-2-3-10/h4-6,10H,2-3,7-8H2,1H3,(H,16,18). The van der Waals surface area contributed by atoms with Crippen molar-refractivity contribution in [2.45, 2.75) is 19.8 Å². The second-order valence-electron chi connectivity index (χ2n) is 4.73. The fraction of sp³-hybridized carbons (Fsp3) is 0.429. The Bertz CT molecular complexity index is 497. The van der Waals surface area contributed by atoms with Crippen molar-refractivity contribution in [3.63, 3.8) is 0 Å². The van der Waals surface area contributed by atoms with Gasteiger partial charge in [0.2, 0.25) is 0 Å². The van der Waals surface area contributed by atoms with Crippen molar-refractivity contribution < 1.29 is 14.3 Å². The molecule has 1 fully saturated rings. The molecule has 0 atom stereocenters. The number of hydrogen-bond donors (Lipinski definition) is 1. The van der Waals surface area contributed by atoms with Crippen LogP contribution in [0.25, 0.3) is 0 Å². The number of Topliss-reactive ketones (excluding diaryl/α,β-unsaturated/α-hetero) is 1. The Morgan fingerprint density at radius 3 is 2.79 bits per heavy atom. The number of hydrogen-bond acceptors (Lipinski definition) is 3. The summed E-state index contributed by atoms with van der Waals surface area (Å²) in [5, 5.41) is 2.82. The first kappa shape index (κ1) is 14.1. The molecular formula is C14H16BrNO3. The van der Waals surface area contributed by atoms with Crippen LogP contribution in [0.4, 0.5) is 0 Å². The molecule has 4 nitrogen and oxygen atoms in total. The maximum absolute atomic E-state index is 11.6. The van der Waals surface area contributed by atoms with E-state index in [9.17, 15) is 9.59 Å². The van der Waals surface area contributed by atoms with Crippen molar-refractivity contribution in [3.05, 3.63) is 28.2 Å². The van der Waals surface area contributed by atoms with Gasteiger partial charge in [0, 0.05) is 11.0 Å². The van der Waals surface area contributed by atoms with Gasteiger partial charge in [0.25, 0.3) is 5.91 Å². The van der Waals surface area contributed by atoms with E-state index in [-0.39, 0.29) is 18.3 Å². The van der Waals surface area contributed by atoms with Crippen LogP contribution in [0.15, 0.2) is 22.7 Å². The first-order valence-electron chi connectivity index (χ1n) is 6.26. The van der Waals surface area contributed by atoms with Gasteiger partial charge in [-0.1, -0.05) is 15.9 Å². The van der Waals surface area contributed by atoms with Gasteiger partial charge in [-0.25, -0.2) is 0 Å². The summed E-state index contributed by atoms with van der Waals surface area (Å²) < 4.78 is 6.22. The number of amides is 1. The van der Waals surface area contributed by atoms with Crippen LogP contribution in [0.2, 0.25) is 0 Å². The number of ether oxygens (including phenoxy) is 1. The molecule has 102 valence electrons. The van der Waals surface area contributed by atoms with Crippen LogP contribution in [0.1, 0.15) is 30.1 Å². The van der Waals surface area contributed by atoms with Gasteiger partial charge in [-0.05, 0) is 43.9 Å². The first-order chi connectivity index (χ1) is 9.06. The second-order valence-corrected chi connectivity index (χ2v) is 5.65. The zero-order valence-corrected chi connectivity index (χ0v) is 12.3. The molecule has 1 aromatic carbocycles. The number of carbonyl (C=O) groups excluding carboxylic acids is 2. The molecule has 0 spiro atoms. The number of carbonyl (C=O) groups is 2. The Hall–Kier alpha value is -1.36. The highest BCUT2D eigenvalue weighted by Crippen LogP contribution is 2.27. The van der Waals surface area contributed by atoms with E-state index < -0.39 is 0 Å². The van der Waals surface area contributed by atoms with E-state index >= 15 is 0 Å². The summed E-state index contributed by atoms with van der Waals surface area (Å²) in [5.74, 6) is 0.848. The van der Waals surface area contributed by atoms with Gasteiger partial charge in [-0.2, -0.15) is 0 Å². The maximum Gasteiger partial charge on any atom is 0.257 e. The highest BCUT2D eigenvalue weighted by molar-refractivity contribution is 9.10. The van der Waals surface area contributed by atoms with Gasteiger partial charge in [0.05, 0.1) is 5.56 Å². The third kappa shape index (κ3) is 4.35. The predicted molar refractivity (Wildman–Crippen MR) is 75.4 cm³/mol. The molecule has 0 aromatic heterocycles. The average molecular weight is 326 g/mol. The molecule has 0 radical (unpaired) electrons. The van der Waals surface area contributed by atoms with Crippen LogP contribution >= 0.6 is 15.9 Å². The lowest BCUT2D eigenvalue weighted by Gasteiger charge is -2.10. The molecule has 1 amide bonds. The van der Waals surface area contributed by atoms with Gasteiger partial charge in [-0.3, -0.25) is 9.59 Å². The van der Waals surface area contributed by atoms with Crippen molar-refractivity contribution in [1.82, 2.24) is 5.32 Å². The summed E-state index contributed by atoms with van der Waals surface area (Å²) in [6.45, 7) is 2.14. The molecule has 0 heterocycles. The molecule has 0 aliphatic heterocycles. The van der Waals surface area contributed by atoms with Crippen molar-refractivity contribution >= 4 is 27.6 Å². The van der Waals surface area contributed by atoms with E-state index in [0.29, 0.717) is 17.2 Å². The molecule has 1 aromatic rings. The molecule has 1 saturated carbocycles. The molecule has 19 heavy (non-hydrogen) atoms. The van der Waals surface area contributed by atoms with Crippen molar-refractivity contribution in [3.8, 4) is 5.75 Å². The van der Waals surface area contributed by atoms with E-state index in [1.54, 1.807) is 18.2 Å². The van der Waals surface area contributed by atoms with Crippen LogP contribution in [0, 0.1) is 5.92 Å². The zero-order chi connectivity index (χ0) is 13.8. The zero-order valence-electron chi connectivity index (χ0n) is 10.7. The predicted octanol–water partition coefficient (Wildman–Crippen LogP) is 2.56. The number of benzene rings is 1. The summed E-state index contributed by atoms with van der Waals surface area (Å²) >= 11 is 3.31. The Morgan fingerprint density at radius 1 is 1.42 bits per heavy atom. The first-order valence-corrected chi connectivity index (χ1v) is 7.05. The van der Waals surface area contributed by atoms with Gasteiger partial charge >= 0.3 is 0 Å². The quantitative estimate of drug-likeness (QED) is 0.818. The maximum atomic E-state index is 11.6. The summed E-state index contributed by atoms with van der Waals surface area (Å²) in [7, 11) is 0. The molecule has 1 N–H and O–H groups in total. The highest BCUT2D eigenvalue weighted by atomic mass is 79.9. The van der Waals surface area contributed by atoms with Gasteiger partial charge in [-0.15, -0.1) is 0 Å². The van der Waals surface area contributed by atoms with Crippen LogP contribution < -0.4 is 10.1 Å². The van der Waals surface area contributed by atoms with Crippen molar-refractivity contribution in [2.75, 3.05) is 13.2 Å². The minimum atomic E-state index is -0.149. The average Bonchev–Trinajstić information content (AvgIpc) is 3.18. The summed E-state index contributed by atoms with van der Waals surface area (Å²) in [5.41, 5.74) is 0.476. The smallest absolute Gasteiger partial charge is 0.257 e. The topological polar surface area (TPSA) is 55.4 Å². The Balaban J connectivity index is 1.90. The third-order valence-electron chi connectivity index (χ3n) is 2.96. The van der Waals surface area contributed by atoms with Gasteiger partial charge < -0.3 is 10.1 Å². The molecular weight excluding hydrogens is 310 g/mol. The summed E-state index contributed by atoms with van der Waals surface area (Å²) in [6, 6.07) is 5.17. The van der Waals surface area contributed by atoms with E-state index in [2.05, 4.69) is 21.2 Å². The number of rotatable bonds is 6. The van der Waals surface area contributed by atoms with Crippen LogP contribution in [-0.4, -0.2) is 24.8 Å². The molecule has 5 heteroatoms. The lowest BCUT2D eigenvalue weighted by Crippen LogP contribution is -2.30. The number of halogens is 1. The number of ketones is 1. The third-order valence-corrected chi connectivity index (χ3v) is 3.46. The SMILES string of the molecule is CC(=O)c1cc(Br)ccc1OCC(=O)NCC1CC1. The van der Waals surface area contributed by atoms with E-state index in [0.717, 1.165) is 11.0 Å². The Labute approximate surface area is 120 Å². The van der Waals surface area contributed by atoms with Crippen LogP contribution in [-0.2, 0) is 4.79 Å². The van der Waals surface area contributed by atoms with Crippen LogP contribution in [0.3, 0.4) is 0 Å². The molecule has 0 bridgehead atoms. The lowest BCUT2D eigenvalue weighted by molar-refractivity contribution is -0.123. The monoisotopic (exact) mass is 325 g/mol. The lowest BCUT2D eigenvalue weighted by atomic mass is 10.1. The van der Waals surface area contributed by atoms with E-state index in [1.807, 2.05) is 0 Å². The normalized spacial score (nSPS) is 14.0. The minimum absolute atomic E-state index is 0.0609. The van der Waals surface area contributed by atoms with Crippen molar-refractivity contribution in [1.29, 1.82) is 0 Å². The van der Waals surface area contributed by atoms with E-state index in [1.165, 1.54) is 19.8 Å². The van der Waals surface area contributed by atoms with Crippen molar-refractivity contribution in [2.24, 2.45) is 5.92 Å². The molecule has 0 unspecified atom stereocenters. The second kappa shape index (κ2) is 6.19. The fourth-order valence-electron chi connectivity index (χ4n) is 1.68. The Morgan fingerprint density at radius 2 is 2.16 bits per heavy atom. The summed E-state index contributed by atoms with van der Waals surface area (Å²) in [6.07, 6.45) is 2.39. The highest BCUT2D eigenvalue weighted by Gasteiger charge is 2.21. The van der Waals surface area contributed by atoms with Gasteiger partial charge in [0.15, 0.2) is 12.4 Å². The Kier molecular flexibility index (Phi) is 4.58. The molecule has 1 aliphatic rings. The molecule has 2 rings (SSSR count). The fourth-order valence-corrected chi connectivity index (χ4v) is 2.04. The van der Waals surface area contributed by atoms with Crippen LogP contribution in [0.5, 0.6) is 5.75 Å². The number of nitrogens with one attached hydrogen (secondary N) is 1. The minimum Gasteiger partial charge on any atom is -0.483 e. The van der Waals surface area contributed by atoms with Gasteiger partial charge in [0.1, 0.15) is 5.75 Å². The molecule has 1 aliphatic carbocycles. The summed E-state index contributed by atoms with van der Waals surface area (Å²) in [4.78, 5) is 23.1. The molecule has 0 saturated heterocycles.